The van der Waals surface area contributed by atoms with Gasteiger partial charge in [-0.3, -0.25) is 4.68 Å². The maximum Gasteiger partial charge on any atom is 0.417 e. The molecule has 1 heterocycles. The molecule has 0 aliphatic rings. The molecule has 108 valence electrons. The lowest BCUT2D eigenvalue weighted by Gasteiger charge is -2.10. The fourth-order valence-electron chi connectivity index (χ4n) is 1.88. The minimum atomic E-state index is -4.55. The smallest absolute Gasteiger partial charge is 0.268 e. The van der Waals surface area contributed by atoms with E-state index in [1.807, 2.05) is 19.1 Å². The van der Waals surface area contributed by atoms with Gasteiger partial charge in [-0.25, -0.2) is 0 Å². The van der Waals surface area contributed by atoms with Crippen LogP contribution in [0.25, 0.3) is 11.1 Å². The van der Waals surface area contributed by atoms with Gasteiger partial charge in [0.15, 0.2) is 0 Å². The van der Waals surface area contributed by atoms with Crippen LogP contribution in [0.2, 0.25) is 0 Å². The summed E-state index contributed by atoms with van der Waals surface area (Å²) < 4.78 is 40.4. The maximum atomic E-state index is 12.9. The van der Waals surface area contributed by atoms with Crippen LogP contribution in [0, 0.1) is 11.3 Å². The second-order valence-electron chi connectivity index (χ2n) is 4.39. The summed E-state index contributed by atoms with van der Waals surface area (Å²) in [6, 6.07) is 5.22. The fourth-order valence-corrected chi connectivity index (χ4v) is 1.88. The monoisotopic (exact) mass is 291 g/mol. The Morgan fingerprint density at radius 1 is 1.33 bits per heavy atom. The predicted molar refractivity (Wildman–Crippen MR) is 72.2 cm³/mol. The Morgan fingerprint density at radius 3 is 2.71 bits per heavy atom. The van der Waals surface area contributed by atoms with Crippen LogP contribution in [0.4, 0.5) is 13.2 Å². The third kappa shape index (κ3) is 3.31. The highest BCUT2D eigenvalue weighted by atomic mass is 19.4. The van der Waals surface area contributed by atoms with Crippen LogP contribution in [-0.2, 0) is 12.7 Å². The Morgan fingerprint density at radius 2 is 2.10 bits per heavy atom. The Balaban J connectivity index is 2.41. The number of halogens is 3. The number of nitrogens with zero attached hydrogens (tertiary/aromatic N) is 3. The number of benzene rings is 1. The Hall–Kier alpha value is -2.55. The fraction of sp³-hybridized carbons (Fsp3) is 0.200. The Labute approximate surface area is 119 Å². The quantitative estimate of drug-likeness (QED) is 0.801. The van der Waals surface area contributed by atoms with Crippen LogP contribution >= 0.6 is 0 Å². The zero-order chi connectivity index (χ0) is 15.5. The Bertz CT molecular complexity index is 706. The number of alkyl halides is 3. The van der Waals surface area contributed by atoms with Gasteiger partial charge in [0.25, 0.3) is 0 Å². The molecular weight excluding hydrogens is 279 g/mol. The summed E-state index contributed by atoms with van der Waals surface area (Å²) in [5.74, 6) is 0. The molecule has 0 spiro atoms. The zero-order valence-corrected chi connectivity index (χ0v) is 11.2. The van der Waals surface area contributed by atoms with Crippen LogP contribution in [-0.4, -0.2) is 9.78 Å². The summed E-state index contributed by atoms with van der Waals surface area (Å²) in [5, 5.41) is 12.9. The standard InChI is InChI=1S/C15H12F3N3/c1-2-3-6-21-10-13(9-20-21)11-4-5-12(8-19)14(7-11)15(16,17)18/h2-5,7,9-10H,6H2,1H3. The number of nitriles is 1. The molecule has 0 aliphatic heterocycles. The van der Waals surface area contributed by atoms with Gasteiger partial charge in [-0.15, -0.1) is 0 Å². The van der Waals surface area contributed by atoms with E-state index in [4.69, 9.17) is 5.26 Å². The number of hydrogen-bond acceptors (Lipinski definition) is 2. The first-order chi connectivity index (χ1) is 9.95. The van der Waals surface area contributed by atoms with Crippen LogP contribution in [0.5, 0.6) is 0 Å². The molecule has 6 heteroatoms. The van der Waals surface area contributed by atoms with Crippen molar-refractivity contribution < 1.29 is 13.2 Å². The van der Waals surface area contributed by atoms with Gasteiger partial charge in [0.05, 0.1) is 29.9 Å². The van der Waals surface area contributed by atoms with E-state index in [9.17, 15) is 13.2 Å². The topological polar surface area (TPSA) is 41.6 Å². The third-order valence-electron chi connectivity index (χ3n) is 2.94. The molecular formula is C15H12F3N3. The molecule has 0 saturated carbocycles. The molecule has 0 atom stereocenters. The summed E-state index contributed by atoms with van der Waals surface area (Å²) in [6.07, 6.45) is 2.37. The Kier molecular flexibility index (Phi) is 4.13. The van der Waals surface area contributed by atoms with Crippen molar-refractivity contribution in [2.24, 2.45) is 0 Å². The first-order valence-corrected chi connectivity index (χ1v) is 6.21. The molecule has 0 amide bonds. The molecule has 1 aromatic carbocycles. The van der Waals surface area contributed by atoms with Crippen molar-refractivity contribution in [1.82, 2.24) is 9.78 Å². The summed E-state index contributed by atoms with van der Waals surface area (Å²) in [6.45, 7) is 2.43. The zero-order valence-electron chi connectivity index (χ0n) is 11.2. The molecule has 2 aromatic rings. The molecule has 0 bridgehead atoms. The lowest BCUT2D eigenvalue weighted by molar-refractivity contribution is -0.137. The summed E-state index contributed by atoms with van der Waals surface area (Å²) in [4.78, 5) is 0. The van der Waals surface area contributed by atoms with E-state index in [1.54, 1.807) is 16.9 Å². The van der Waals surface area contributed by atoms with Gasteiger partial charge in [-0.2, -0.15) is 23.5 Å². The first kappa shape index (κ1) is 14.9. The molecule has 0 unspecified atom stereocenters. The third-order valence-corrected chi connectivity index (χ3v) is 2.94. The van der Waals surface area contributed by atoms with Crippen LogP contribution < -0.4 is 0 Å². The van der Waals surface area contributed by atoms with E-state index in [0.29, 0.717) is 17.7 Å². The lowest BCUT2D eigenvalue weighted by atomic mass is 10.0. The van der Waals surface area contributed by atoms with Gasteiger partial charge in [-0.05, 0) is 24.6 Å². The molecule has 0 radical (unpaired) electrons. The molecule has 0 fully saturated rings. The number of rotatable bonds is 3. The van der Waals surface area contributed by atoms with Gasteiger partial charge < -0.3 is 0 Å². The minimum absolute atomic E-state index is 0.382. The summed E-state index contributed by atoms with van der Waals surface area (Å²) in [7, 11) is 0. The van der Waals surface area contributed by atoms with Gasteiger partial charge >= 0.3 is 6.18 Å². The van der Waals surface area contributed by atoms with E-state index >= 15 is 0 Å². The molecule has 3 nitrogen and oxygen atoms in total. The first-order valence-electron chi connectivity index (χ1n) is 6.21. The minimum Gasteiger partial charge on any atom is -0.268 e. The van der Waals surface area contributed by atoms with Crippen molar-refractivity contribution in [3.8, 4) is 17.2 Å². The van der Waals surface area contributed by atoms with E-state index in [1.165, 1.54) is 18.3 Å². The highest BCUT2D eigenvalue weighted by Crippen LogP contribution is 2.34. The number of hydrogen-bond donors (Lipinski definition) is 0. The predicted octanol–water partition coefficient (Wildman–Crippen LogP) is 4.02. The van der Waals surface area contributed by atoms with Crippen LogP contribution in [0.3, 0.4) is 0 Å². The molecule has 0 N–H and O–H groups in total. The van der Waals surface area contributed by atoms with Gasteiger partial charge in [0.1, 0.15) is 0 Å². The van der Waals surface area contributed by atoms with Crippen molar-refractivity contribution >= 4 is 0 Å². The molecule has 0 saturated heterocycles. The lowest BCUT2D eigenvalue weighted by Crippen LogP contribution is -2.07. The van der Waals surface area contributed by atoms with E-state index in [0.717, 1.165) is 6.07 Å². The average molecular weight is 291 g/mol. The number of aromatic nitrogens is 2. The molecule has 0 aliphatic carbocycles. The summed E-state index contributed by atoms with van der Waals surface area (Å²) >= 11 is 0. The van der Waals surface area contributed by atoms with Crippen molar-refractivity contribution in [2.45, 2.75) is 19.6 Å². The van der Waals surface area contributed by atoms with Crippen LogP contribution in [0.15, 0.2) is 42.7 Å². The number of allylic oxidation sites excluding steroid dienone is 2. The van der Waals surface area contributed by atoms with E-state index in [-0.39, 0.29) is 5.56 Å². The normalized spacial score (nSPS) is 11.8. The highest BCUT2D eigenvalue weighted by molar-refractivity contribution is 5.64. The van der Waals surface area contributed by atoms with Crippen molar-refractivity contribution in [3.63, 3.8) is 0 Å². The van der Waals surface area contributed by atoms with Crippen molar-refractivity contribution in [3.05, 3.63) is 53.9 Å². The average Bonchev–Trinajstić information content (AvgIpc) is 2.92. The van der Waals surface area contributed by atoms with Crippen molar-refractivity contribution in [2.75, 3.05) is 0 Å². The second-order valence-corrected chi connectivity index (χ2v) is 4.39. The van der Waals surface area contributed by atoms with E-state index in [2.05, 4.69) is 5.10 Å². The SMILES string of the molecule is CC=CCn1cc(-c2ccc(C#N)c(C(F)(F)F)c2)cn1. The van der Waals surface area contributed by atoms with E-state index < -0.39 is 11.7 Å². The summed E-state index contributed by atoms with van der Waals surface area (Å²) in [5.41, 5.74) is -0.348. The van der Waals surface area contributed by atoms with Gasteiger partial charge in [0.2, 0.25) is 0 Å². The molecule has 1 aromatic heterocycles. The largest absolute Gasteiger partial charge is 0.417 e. The molecule has 2 rings (SSSR count). The second kappa shape index (κ2) is 5.83. The van der Waals surface area contributed by atoms with Gasteiger partial charge in [-0.1, -0.05) is 18.2 Å². The molecule has 21 heavy (non-hydrogen) atoms. The van der Waals surface area contributed by atoms with Gasteiger partial charge in [0, 0.05) is 11.8 Å². The highest BCUT2D eigenvalue weighted by Gasteiger charge is 2.33. The van der Waals surface area contributed by atoms with Crippen LogP contribution in [0.1, 0.15) is 18.1 Å². The van der Waals surface area contributed by atoms with Crippen molar-refractivity contribution in [1.29, 1.82) is 5.26 Å². The maximum absolute atomic E-state index is 12.9.